The Morgan fingerprint density at radius 1 is 0.667 bits per heavy atom. The molecule has 2 unspecified atom stereocenters. The van der Waals surface area contributed by atoms with Crippen molar-refractivity contribution in [2.75, 3.05) is 24.7 Å². The van der Waals surface area contributed by atoms with Crippen molar-refractivity contribution in [3.63, 3.8) is 0 Å². The third-order valence-electron chi connectivity index (χ3n) is 4.19. The molecule has 0 bridgehead atoms. The van der Waals surface area contributed by atoms with E-state index in [9.17, 15) is 0 Å². The van der Waals surface area contributed by atoms with Crippen molar-refractivity contribution < 1.29 is 9.47 Å². The van der Waals surface area contributed by atoms with Gasteiger partial charge in [-0.3, -0.25) is 0 Å². The van der Waals surface area contributed by atoms with Crippen LogP contribution < -0.4 is 0 Å². The molecule has 0 spiro atoms. The third kappa shape index (κ3) is 5.03. The van der Waals surface area contributed by atoms with Crippen LogP contribution in [0.15, 0.2) is 48.5 Å². The second-order valence-electron chi connectivity index (χ2n) is 6.33. The summed E-state index contributed by atoms with van der Waals surface area (Å²) in [6.07, 6.45) is 0. The molecule has 0 aliphatic carbocycles. The van der Waals surface area contributed by atoms with Crippen LogP contribution in [0.4, 0.5) is 0 Å². The fourth-order valence-electron chi connectivity index (χ4n) is 2.53. The van der Waals surface area contributed by atoms with Gasteiger partial charge in [0.05, 0.1) is 26.4 Å². The first-order chi connectivity index (χ1) is 11.9. The Kier molecular flexibility index (Phi) is 5.48. The largest absolute Gasteiger partial charge is 0.376 e. The fraction of sp³-hybridized carbons (Fsp3) is 0.400. The van der Waals surface area contributed by atoms with Crippen molar-refractivity contribution in [3.8, 4) is 11.1 Å². The number of thioether (sulfide) groups is 2. The van der Waals surface area contributed by atoms with E-state index in [-0.39, 0.29) is 0 Å². The van der Waals surface area contributed by atoms with Crippen LogP contribution >= 0.6 is 23.5 Å². The summed E-state index contributed by atoms with van der Waals surface area (Å²) in [7, 11) is 0. The Bertz CT molecular complexity index is 587. The van der Waals surface area contributed by atoms with Crippen molar-refractivity contribution in [3.05, 3.63) is 59.7 Å². The van der Waals surface area contributed by atoms with Crippen molar-refractivity contribution in [1.29, 1.82) is 0 Å². The molecule has 2 aliphatic heterocycles. The molecule has 0 N–H and O–H groups in total. The Morgan fingerprint density at radius 3 is 1.38 bits per heavy atom. The molecule has 2 saturated heterocycles. The van der Waals surface area contributed by atoms with Crippen molar-refractivity contribution in [2.24, 2.45) is 0 Å². The standard InChI is InChI=1S/C20H22O2S2/c1-5-17(6-2-15(1)9-21-11-19-13-23-19)18-7-3-16(4-8-18)10-22-12-20-14-24-20/h1-8,19-20H,9-14H2. The number of hydrogen-bond acceptors (Lipinski definition) is 4. The minimum atomic E-state index is 0.715. The molecule has 0 aromatic heterocycles. The van der Waals surface area contributed by atoms with Crippen LogP contribution in [-0.2, 0) is 22.7 Å². The van der Waals surface area contributed by atoms with Gasteiger partial charge < -0.3 is 9.47 Å². The minimum Gasteiger partial charge on any atom is -0.376 e. The number of rotatable bonds is 9. The highest BCUT2D eigenvalue weighted by Gasteiger charge is 2.22. The Balaban J connectivity index is 1.28. The van der Waals surface area contributed by atoms with Crippen molar-refractivity contribution in [2.45, 2.75) is 23.7 Å². The van der Waals surface area contributed by atoms with Gasteiger partial charge in [-0.1, -0.05) is 48.5 Å². The maximum absolute atomic E-state index is 5.73. The molecule has 126 valence electrons. The maximum atomic E-state index is 5.73. The highest BCUT2D eigenvalue weighted by atomic mass is 32.2. The normalized spacial score (nSPS) is 21.7. The SMILES string of the molecule is c1cc(-c2ccc(COCC3CS3)cc2)ccc1COCC1CS1. The van der Waals surface area contributed by atoms with E-state index in [1.807, 2.05) is 23.5 Å². The van der Waals surface area contributed by atoms with E-state index in [1.165, 1.54) is 33.8 Å². The van der Waals surface area contributed by atoms with E-state index in [1.54, 1.807) is 0 Å². The first-order valence-corrected chi connectivity index (χ1v) is 10.5. The molecule has 2 aliphatic rings. The smallest absolute Gasteiger partial charge is 0.0717 e. The van der Waals surface area contributed by atoms with E-state index >= 15 is 0 Å². The average Bonchev–Trinajstić information content (AvgIpc) is 3.52. The van der Waals surface area contributed by atoms with Gasteiger partial charge in [-0.25, -0.2) is 0 Å². The average molecular weight is 359 g/mol. The van der Waals surface area contributed by atoms with Crippen LogP contribution in [0.5, 0.6) is 0 Å². The zero-order chi connectivity index (χ0) is 16.2. The summed E-state index contributed by atoms with van der Waals surface area (Å²) in [5.41, 5.74) is 4.98. The summed E-state index contributed by atoms with van der Waals surface area (Å²) in [6.45, 7) is 3.20. The van der Waals surface area contributed by atoms with E-state index in [2.05, 4.69) is 48.5 Å². The molecule has 2 aromatic rings. The molecular weight excluding hydrogens is 336 g/mol. The highest BCUT2D eigenvalue weighted by molar-refractivity contribution is 8.07. The molecule has 2 aromatic carbocycles. The van der Waals surface area contributed by atoms with Crippen molar-refractivity contribution in [1.82, 2.24) is 0 Å². The van der Waals surface area contributed by atoms with Crippen LogP contribution in [0.2, 0.25) is 0 Å². The van der Waals surface area contributed by atoms with Crippen LogP contribution in [0.25, 0.3) is 11.1 Å². The minimum absolute atomic E-state index is 0.715. The predicted octanol–water partition coefficient (Wildman–Crippen LogP) is 4.62. The molecule has 2 fully saturated rings. The lowest BCUT2D eigenvalue weighted by Crippen LogP contribution is -2.00. The zero-order valence-corrected chi connectivity index (χ0v) is 15.3. The van der Waals surface area contributed by atoms with E-state index in [0.29, 0.717) is 13.2 Å². The lowest BCUT2D eigenvalue weighted by Gasteiger charge is -2.07. The van der Waals surface area contributed by atoms with Crippen LogP contribution in [0.1, 0.15) is 11.1 Å². The lowest BCUT2D eigenvalue weighted by atomic mass is 10.0. The van der Waals surface area contributed by atoms with E-state index in [4.69, 9.17) is 9.47 Å². The van der Waals surface area contributed by atoms with Crippen LogP contribution in [0, 0.1) is 0 Å². The molecule has 0 radical (unpaired) electrons. The van der Waals surface area contributed by atoms with Gasteiger partial charge in [0, 0.05) is 22.0 Å². The highest BCUT2D eigenvalue weighted by Crippen LogP contribution is 2.31. The second-order valence-corrected chi connectivity index (χ2v) is 9.00. The zero-order valence-electron chi connectivity index (χ0n) is 13.6. The monoisotopic (exact) mass is 358 g/mol. The Morgan fingerprint density at radius 2 is 1.04 bits per heavy atom. The van der Waals surface area contributed by atoms with E-state index in [0.717, 1.165) is 23.7 Å². The summed E-state index contributed by atoms with van der Waals surface area (Å²) < 4.78 is 11.5. The number of ether oxygens (including phenoxy) is 2. The summed E-state index contributed by atoms with van der Waals surface area (Å²) in [5.74, 6) is 2.53. The molecular formula is C20H22O2S2. The molecule has 2 heterocycles. The second kappa shape index (κ2) is 7.96. The van der Waals surface area contributed by atoms with Gasteiger partial charge in [-0.2, -0.15) is 23.5 Å². The quantitative estimate of drug-likeness (QED) is 0.609. The van der Waals surface area contributed by atoms with Gasteiger partial charge in [-0.15, -0.1) is 0 Å². The molecule has 2 nitrogen and oxygen atoms in total. The first kappa shape index (κ1) is 16.5. The Labute approximate surface area is 152 Å². The molecule has 4 heteroatoms. The number of hydrogen-bond donors (Lipinski definition) is 0. The molecule has 0 amide bonds. The fourth-order valence-corrected chi connectivity index (χ4v) is 3.38. The predicted molar refractivity (Wildman–Crippen MR) is 104 cm³/mol. The molecule has 24 heavy (non-hydrogen) atoms. The van der Waals surface area contributed by atoms with Crippen LogP contribution in [0.3, 0.4) is 0 Å². The third-order valence-corrected chi connectivity index (χ3v) is 6.07. The summed E-state index contributed by atoms with van der Waals surface area (Å²) in [4.78, 5) is 0. The van der Waals surface area contributed by atoms with Crippen molar-refractivity contribution >= 4 is 23.5 Å². The lowest BCUT2D eigenvalue weighted by molar-refractivity contribution is 0.128. The molecule has 2 atom stereocenters. The molecule has 0 saturated carbocycles. The summed E-state index contributed by atoms with van der Waals surface area (Å²) in [6, 6.07) is 17.4. The summed E-state index contributed by atoms with van der Waals surface area (Å²) in [5, 5.41) is 1.49. The molecule has 4 rings (SSSR count). The maximum Gasteiger partial charge on any atom is 0.0717 e. The summed E-state index contributed by atoms with van der Waals surface area (Å²) >= 11 is 3.96. The van der Waals surface area contributed by atoms with Crippen LogP contribution in [-0.4, -0.2) is 35.2 Å². The first-order valence-electron chi connectivity index (χ1n) is 8.44. The van der Waals surface area contributed by atoms with Gasteiger partial charge >= 0.3 is 0 Å². The van der Waals surface area contributed by atoms with E-state index < -0.39 is 0 Å². The topological polar surface area (TPSA) is 18.5 Å². The van der Waals surface area contributed by atoms with Gasteiger partial charge in [0.2, 0.25) is 0 Å². The van der Waals surface area contributed by atoms with Gasteiger partial charge in [0.15, 0.2) is 0 Å². The number of benzene rings is 2. The van der Waals surface area contributed by atoms with Gasteiger partial charge in [-0.05, 0) is 22.3 Å². The van der Waals surface area contributed by atoms with Gasteiger partial charge in [0.1, 0.15) is 0 Å². The Hall–Kier alpha value is -0.940. The van der Waals surface area contributed by atoms with Gasteiger partial charge in [0.25, 0.3) is 0 Å².